The van der Waals surface area contributed by atoms with Gasteiger partial charge in [0.15, 0.2) is 16.6 Å². The first-order chi connectivity index (χ1) is 26.4. The predicted octanol–water partition coefficient (Wildman–Crippen LogP) is 14.0. The van der Waals surface area contributed by atoms with E-state index >= 15 is 0 Å². The SMILES string of the molecule is CCCCCC=CCC=CCC=CCC=CCCCC(=O)N[C@@H](CO)[C@H](O[Si](C)(C)C(C)(C)C)[C@H](CCCCCCCc1ccccc1)O[Si](C)(C)C(C)(C)C. The molecular formula is C49H87NO4Si2. The van der Waals surface area contributed by atoms with Crippen molar-refractivity contribution in [3.63, 3.8) is 0 Å². The summed E-state index contributed by atoms with van der Waals surface area (Å²) in [6, 6.07) is 10.2. The molecule has 1 aromatic rings. The molecule has 0 aliphatic carbocycles. The van der Waals surface area contributed by atoms with E-state index in [0.717, 1.165) is 57.8 Å². The van der Waals surface area contributed by atoms with Crippen LogP contribution in [0.1, 0.15) is 157 Å². The molecule has 1 aromatic carbocycles. The smallest absolute Gasteiger partial charge is 0.220 e. The highest BCUT2D eigenvalue weighted by atomic mass is 28.4. The number of carbonyl (C=O) groups excluding carboxylic acids is 1. The summed E-state index contributed by atoms with van der Waals surface area (Å²) in [6.45, 7) is 24.8. The van der Waals surface area contributed by atoms with Crippen LogP contribution in [-0.4, -0.2) is 52.5 Å². The summed E-state index contributed by atoms with van der Waals surface area (Å²) in [5.41, 5.74) is 1.41. The Morgan fingerprint density at radius 3 is 1.71 bits per heavy atom. The maximum Gasteiger partial charge on any atom is 0.220 e. The summed E-state index contributed by atoms with van der Waals surface area (Å²) in [7, 11) is -4.50. The highest BCUT2D eigenvalue weighted by Gasteiger charge is 2.46. The lowest BCUT2D eigenvalue weighted by Crippen LogP contribution is -2.59. The number of hydrogen-bond donors (Lipinski definition) is 2. The van der Waals surface area contributed by atoms with E-state index in [9.17, 15) is 9.90 Å². The third-order valence-electron chi connectivity index (χ3n) is 11.8. The number of unbranched alkanes of at least 4 members (excludes halogenated alkanes) is 8. The molecule has 1 rings (SSSR count). The molecule has 5 nitrogen and oxygen atoms in total. The molecule has 320 valence electrons. The van der Waals surface area contributed by atoms with Crippen molar-refractivity contribution in [3.05, 3.63) is 84.5 Å². The molecule has 56 heavy (non-hydrogen) atoms. The summed E-state index contributed by atoms with van der Waals surface area (Å²) in [5.74, 6) is -0.0340. The molecule has 7 heteroatoms. The number of hydrogen-bond acceptors (Lipinski definition) is 4. The number of carbonyl (C=O) groups is 1. The van der Waals surface area contributed by atoms with Crippen LogP contribution in [0.4, 0.5) is 0 Å². The Morgan fingerprint density at radius 2 is 1.18 bits per heavy atom. The van der Waals surface area contributed by atoms with Gasteiger partial charge in [-0.1, -0.05) is 166 Å². The number of amides is 1. The monoisotopic (exact) mass is 810 g/mol. The maximum atomic E-state index is 13.4. The first-order valence-corrected chi connectivity index (χ1v) is 28.2. The third kappa shape index (κ3) is 22.8. The first kappa shape index (κ1) is 52.0. The molecule has 0 saturated heterocycles. The van der Waals surface area contributed by atoms with Gasteiger partial charge in [0.2, 0.25) is 5.91 Å². The minimum Gasteiger partial charge on any atom is -0.411 e. The van der Waals surface area contributed by atoms with Gasteiger partial charge in [-0.05, 0) is 106 Å². The van der Waals surface area contributed by atoms with Crippen LogP contribution < -0.4 is 5.32 Å². The van der Waals surface area contributed by atoms with Gasteiger partial charge in [-0.3, -0.25) is 4.79 Å². The van der Waals surface area contributed by atoms with Crippen molar-refractivity contribution in [1.29, 1.82) is 0 Å². The molecule has 0 bridgehead atoms. The summed E-state index contributed by atoms with van der Waals surface area (Å²) in [6.07, 6.45) is 34.9. The number of nitrogens with one attached hydrogen (secondary N) is 1. The Labute approximate surface area is 348 Å². The summed E-state index contributed by atoms with van der Waals surface area (Å²) in [4.78, 5) is 13.4. The average Bonchev–Trinajstić information content (AvgIpc) is 3.12. The van der Waals surface area contributed by atoms with Gasteiger partial charge in [0.1, 0.15) is 0 Å². The predicted molar refractivity (Wildman–Crippen MR) is 249 cm³/mol. The Hall–Kier alpha value is -2.04. The van der Waals surface area contributed by atoms with Gasteiger partial charge < -0.3 is 19.3 Å². The van der Waals surface area contributed by atoms with E-state index in [0.29, 0.717) is 6.42 Å². The Morgan fingerprint density at radius 1 is 0.679 bits per heavy atom. The molecule has 0 aliphatic heterocycles. The number of allylic oxidation sites excluding steroid dienone is 8. The fourth-order valence-corrected chi connectivity index (χ4v) is 8.79. The van der Waals surface area contributed by atoms with Crippen LogP contribution in [0, 0.1) is 0 Å². The molecule has 0 saturated carbocycles. The number of aliphatic hydroxyl groups is 1. The second-order valence-corrected chi connectivity index (χ2v) is 28.4. The van der Waals surface area contributed by atoms with Crippen LogP contribution in [0.25, 0.3) is 0 Å². The second-order valence-electron chi connectivity index (χ2n) is 18.9. The third-order valence-corrected chi connectivity index (χ3v) is 20.8. The van der Waals surface area contributed by atoms with Crippen molar-refractivity contribution in [2.75, 3.05) is 6.61 Å². The lowest BCUT2D eigenvalue weighted by atomic mass is 9.99. The molecule has 2 N–H and O–H groups in total. The van der Waals surface area contributed by atoms with Crippen molar-refractivity contribution >= 4 is 22.5 Å². The summed E-state index contributed by atoms with van der Waals surface area (Å²) in [5, 5.41) is 14.1. The molecule has 0 unspecified atom stereocenters. The number of aryl methyl sites for hydroxylation is 1. The fraction of sp³-hybridized carbons (Fsp3) is 0.694. The first-order valence-electron chi connectivity index (χ1n) is 22.3. The highest BCUT2D eigenvalue weighted by Crippen LogP contribution is 2.41. The van der Waals surface area contributed by atoms with Crippen molar-refractivity contribution in [3.8, 4) is 0 Å². The van der Waals surface area contributed by atoms with Gasteiger partial charge in [-0.25, -0.2) is 0 Å². The molecular weight excluding hydrogens is 723 g/mol. The van der Waals surface area contributed by atoms with Gasteiger partial charge in [0, 0.05) is 6.42 Å². The topological polar surface area (TPSA) is 67.8 Å². The lowest BCUT2D eigenvalue weighted by Gasteiger charge is -2.47. The van der Waals surface area contributed by atoms with Crippen molar-refractivity contribution in [1.82, 2.24) is 5.32 Å². The molecule has 0 heterocycles. The largest absolute Gasteiger partial charge is 0.411 e. The minimum atomic E-state index is -2.29. The van der Waals surface area contributed by atoms with Crippen LogP contribution in [0.3, 0.4) is 0 Å². The van der Waals surface area contributed by atoms with Crippen LogP contribution in [0.15, 0.2) is 78.9 Å². The number of rotatable bonds is 30. The zero-order valence-corrected chi connectivity index (χ0v) is 40.1. The van der Waals surface area contributed by atoms with Gasteiger partial charge in [-0.2, -0.15) is 0 Å². The molecule has 0 spiro atoms. The minimum absolute atomic E-state index is 0.0211. The fourth-order valence-electron chi connectivity index (χ4n) is 6.08. The Balaban J connectivity index is 2.85. The zero-order valence-electron chi connectivity index (χ0n) is 38.1. The van der Waals surface area contributed by atoms with Crippen LogP contribution >= 0.6 is 0 Å². The number of benzene rings is 1. The van der Waals surface area contributed by atoms with Gasteiger partial charge in [0.05, 0.1) is 24.9 Å². The standard InChI is InChI=1S/C49H87NO4Si2/c1-12-13-14-15-16-17-18-19-20-21-22-23-24-25-26-30-36-41-46(52)50-44(42-51)47(54-56(10,11)49(5,6)7)45(53-55(8,9)48(2,3)4)40-35-29-27-28-32-37-43-38-33-31-34-39-43/h16-17,19-20,22-23,25-26,31,33-34,38-39,44-45,47,51H,12-15,18,21,24,27-30,32,35-37,40-42H2,1-11H3,(H,50,52)/t44-,45-,47-/m0/s1. The lowest BCUT2D eigenvalue weighted by molar-refractivity contribution is -0.123. The maximum absolute atomic E-state index is 13.4. The van der Waals surface area contributed by atoms with Crippen LogP contribution in [-0.2, 0) is 20.1 Å². The van der Waals surface area contributed by atoms with E-state index < -0.39 is 28.8 Å². The van der Waals surface area contributed by atoms with E-state index in [1.807, 2.05) is 0 Å². The molecule has 0 aliphatic rings. The molecule has 1 amide bonds. The van der Waals surface area contributed by atoms with Gasteiger partial charge in [0.25, 0.3) is 0 Å². The Bertz CT molecular complexity index is 1270. The van der Waals surface area contributed by atoms with Crippen LogP contribution in [0.5, 0.6) is 0 Å². The van der Waals surface area contributed by atoms with Gasteiger partial charge in [-0.15, -0.1) is 0 Å². The zero-order chi connectivity index (χ0) is 41.9. The number of aliphatic hydroxyl groups excluding tert-OH is 1. The van der Waals surface area contributed by atoms with E-state index in [1.165, 1.54) is 50.5 Å². The van der Waals surface area contributed by atoms with Crippen LogP contribution in [0.2, 0.25) is 36.3 Å². The second kappa shape index (κ2) is 28.4. The van der Waals surface area contributed by atoms with E-state index in [1.54, 1.807) is 0 Å². The highest BCUT2D eigenvalue weighted by molar-refractivity contribution is 6.74. The summed E-state index contributed by atoms with van der Waals surface area (Å²) < 4.78 is 14.4. The van der Waals surface area contributed by atoms with Crippen molar-refractivity contribution in [2.24, 2.45) is 0 Å². The normalized spacial score (nSPS) is 15.1. The molecule has 0 aromatic heterocycles. The summed E-state index contributed by atoms with van der Waals surface area (Å²) >= 11 is 0. The molecule has 0 radical (unpaired) electrons. The molecule has 0 fully saturated rings. The van der Waals surface area contributed by atoms with Crippen molar-refractivity contribution < 1.29 is 18.8 Å². The molecule has 3 atom stereocenters. The average molecular weight is 810 g/mol. The quantitative estimate of drug-likeness (QED) is 0.0461. The van der Waals surface area contributed by atoms with E-state index in [4.69, 9.17) is 8.85 Å². The van der Waals surface area contributed by atoms with Crippen molar-refractivity contribution in [2.45, 2.75) is 212 Å². The Kier molecular flexibility index (Phi) is 26.4. The van der Waals surface area contributed by atoms with E-state index in [2.05, 4.69) is 159 Å². The van der Waals surface area contributed by atoms with Gasteiger partial charge >= 0.3 is 0 Å². The van der Waals surface area contributed by atoms with E-state index in [-0.39, 0.29) is 28.7 Å².